The summed E-state index contributed by atoms with van der Waals surface area (Å²) in [5.74, 6) is 0.486. The number of benzene rings is 1. The highest BCUT2D eigenvalue weighted by molar-refractivity contribution is 7.10. The number of hydrogen-bond acceptors (Lipinski definition) is 5. The number of fused-ring (bicyclic) bond motifs is 1. The molecule has 2 aromatic rings. The minimum atomic E-state index is -0.623. The smallest absolute Gasteiger partial charge is 0.252 e. The molecule has 1 aromatic carbocycles. The van der Waals surface area contributed by atoms with E-state index in [1.807, 2.05) is 66.5 Å². The van der Waals surface area contributed by atoms with Crippen molar-refractivity contribution in [2.45, 2.75) is 32.5 Å². The first-order valence-corrected chi connectivity index (χ1v) is 10.2. The fourth-order valence-electron chi connectivity index (χ4n) is 3.35. The van der Waals surface area contributed by atoms with Gasteiger partial charge in [0.25, 0.3) is 5.91 Å². The van der Waals surface area contributed by atoms with Crippen molar-refractivity contribution in [3.8, 4) is 5.75 Å². The van der Waals surface area contributed by atoms with Gasteiger partial charge in [0.1, 0.15) is 18.4 Å². The first-order valence-electron chi connectivity index (χ1n) is 9.37. The van der Waals surface area contributed by atoms with Crippen molar-refractivity contribution in [1.29, 1.82) is 0 Å². The third-order valence-electron chi connectivity index (χ3n) is 4.76. The van der Waals surface area contributed by atoms with Crippen molar-refractivity contribution in [1.82, 2.24) is 15.1 Å². The maximum Gasteiger partial charge on any atom is 0.252 e. The Kier molecular flexibility index (Phi) is 6.36. The van der Waals surface area contributed by atoms with E-state index in [1.165, 1.54) is 11.3 Å². The molecule has 7 heteroatoms. The normalized spacial score (nSPS) is 17.5. The molecule has 2 unspecified atom stereocenters. The maximum atomic E-state index is 13.3. The zero-order valence-electron chi connectivity index (χ0n) is 16.8. The molecule has 1 aliphatic heterocycles. The van der Waals surface area contributed by atoms with Gasteiger partial charge in [-0.25, -0.2) is 0 Å². The standard InChI is InChI=1S/C21H27N3O3S/c1-14-9-17(13-28-14)20(25)22-15(2)21(26)24-10-16-7-5-6-8-19(16)27-12-18(24)11-23(3)4/h5-9,13,15,18H,10-12H2,1-4H3,(H,22,25). The Hall–Kier alpha value is -2.38. The molecular weight excluding hydrogens is 374 g/mol. The number of rotatable bonds is 5. The van der Waals surface area contributed by atoms with Gasteiger partial charge in [-0.1, -0.05) is 18.2 Å². The van der Waals surface area contributed by atoms with Crippen LogP contribution in [0.2, 0.25) is 0 Å². The van der Waals surface area contributed by atoms with E-state index < -0.39 is 6.04 Å². The molecule has 2 heterocycles. The number of carbonyl (C=O) groups is 2. The summed E-state index contributed by atoms with van der Waals surface area (Å²) in [4.78, 5) is 30.7. The van der Waals surface area contributed by atoms with Gasteiger partial charge >= 0.3 is 0 Å². The van der Waals surface area contributed by atoms with Crippen molar-refractivity contribution in [2.24, 2.45) is 0 Å². The van der Waals surface area contributed by atoms with E-state index in [4.69, 9.17) is 4.74 Å². The van der Waals surface area contributed by atoms with Gasteiger partial charge in [-0.05, 0) is 40.1 Å². The summed E-state index contributed by atoms with van der Waals surface area (Å²) in [6.07, 6.45) is 0. The van der Waals surface area contributed by atoms with Gasteiger partial charge in [0, 0.05) is 28.9 Å². The topological polar surface area (TPSA) is 61.9 Å². The lowest BCUT2D eigenvalue weighted by Gasteiger charge is -2.33. The molecule has 0 radical (unpaired) electrons. The predicted octanol–water partition coefficient (Wildman–Crippen LogP) is 2.53. The summed E-state index contributed by atoms with van der Waals surface area (Å²) in [6.45, 7) is 5.26. The number of aryl methyl sites for hydroxylation is 1. The number of nitrogens with zero attached hydrogens (tertiary/aromatic N) is 2. The number of carbonyl (C=O) groups excluding carboxylic acids is 2. The van der Waals surface area contributed by atoms with Crippen LogP contribution in [0.3, 0.4) is 0 Å². The molecule has 0 saturated heterocycles. The van der Waals surface area contributed by atoms with Crippen LogP contribution in [0.25, 0.3) is 0 Å². The molecule has 0 fully saturated rings. The maximum absolute atomic E-state index is 13.3. The Labute approximate surface area is 170 Å². The van der Waals surface area contributed by atoms with Crippen LogP contribution in [0.5, 0.6) is 5.75 Å². The first-order chi connectivity index (χ1) is 13.3. The fraction of sp³-hybridized carbons (Fsp3) is 0.429. The van der Waals surface area contributed by atoms with E-state index in [9.17, 15) is 9.59 Å². The van der Waals surface area contributed by atoms with Crippen molar-refractivity contribution in [3.63, 3.8) is 0 Å². The SMILES string of the molecule is Cc1cc(C(=O)NC(C)C(=O)N2Cc3ccccc3OCC2CN(C)C)cs1. The average molecular weight is 402 g/mol. The highest BCUT2D eigenvalue weighted by atomic mass is 32.1. The number of nitrogens with one attached hydrogen (secondary N) is 1. The van der Waals surface area contributed by atoms with Crippen LogP contribution in [0.4, 0.5) is 0 Å². The lowest BCUT2D eigenvalue weighted by atomic mass is 10.1. The minimum absolute atomic E-state index is 0.0994. The van der Waals surface area contributed by atoms with Crippen LogP contribution in [-0.2, 0) is 11.3 Å². The predicted molar refractivity (Wildman–Crippen MR) is 111 cm³/mol. The molecule has 1 N–H and O–H groups in total. The quantitative estimate of drug-likeness (QED) is 0.836. The van der Waals surface area contributed by atoms with Crippen molar-refractivity contribution >= 4 is 23.2 Å². The van der Waals surface area contributed by atoms with Crippen molar-refractivity contribution in [3.05, 3.63) is 51.7 Å². The lowest BCUT2D eigenvalue weighted by molar-refractivity contribution is -0.136. The molecule has 6 nitrogen and oxygen atoms in total. The molecule has 150 valence electrons. The van der Waals surface area contributed by atoms with E-state index >= 15 is 0 Å². The van der Waals surface area contributed by atoms with Gasteiger partial charge in [0.2, 0.25) is 5.91 Å². The molecule has 0 saturated carbocycles. The largest absolute Gasteiger partial charge is 0.491 e. The van der Waals surface area contributed by atoms with Gasteiger partial charge < -0.3 is 19.9 Å². The summed E-state index contributed by atoms with van der Waals surface area (Å²) < 4.78 is 5.97. The fourth-order valence-corrected chi connectivity index (χ4v) is 4.03. The Morgan fingerprint density at radius 2 is 2.11 bits per heavy atom. The monoisotopic (exact) mass is 401 g/mol. The molecule has 1 aromatic heterocycles. The van der Waals surface area contributed by atoms with Crippen molar-refractivity contribution in [2.75, 3.05) is 27.2 Å². The zero-order valence-corrected chi connectivity index (χ0v) is 17.6. The van der Waals surface area contributed by atoms with Crippen LogP contribution in [0, 0.1) is 6.92 Å². The average Bonchev–Trinajstić information content (AvgIpc) is 3.01. The van der Waals surface area contributed by atoms with Gasteiger partial charge in [0.15, 0.2) is 0 Å². The molecular formula is C21H27N3O3S. The second kappa shape index (κ2) is 8.75. The second-order valence-corrected chi connectivity index (χ2v) is 8.56. The zero-order chi connectivity index (χ0) is 20.3. The number of likely N-dealkylation sites (N-methyl/N-ethyl adjacent to an activating group) is 1. The summed E-state index contributed by atoms with van der Waals surface area (Å²) in [6, 6.07) is 8.90. The number of amides is 2. The number of para-hydroxylation sites is 1. The van der Waals surface area contributed by atoms with Crippen LogP contribution < -0.4 is 10.1 Å². The van der Waals surface area contributed by atoms with Gasteiger partial charge in [-0.3, -0.25) is 9.59 Å². The first kappa shape index (κ1) is 20.4. The molecule has 3 rings (SSSR count). The number of ether oxygens (including phenoxy) is 1. The lowest BCUT2D eigenvalue weighted by Crippen LogP contribution is -2.53. The van der Waals surface area contributed by atoms with Crippen LogP contribution in [-0.4, -0.2) is 60.9 Å². The Morgan fingerprint density at radius 1 is 1.36 bits per heavy atom. The van der Waals surface area contributed by atoms with Gasteiger partial charge in [0.05, 0.1) is 11.6 Å². The second-order valence-electron chi connectivity index (χ2n) is 7.44. The van der Waals surface area contributed by atoms with Crippen LogP contribution in [0.15, 0.2) is 35.7 Å². The highest BCUT2D eigenvalue weighted by Gasteiger charge is 2.32. The minimum Gasteiger partial charge on any atom is -0.491 e. The molecule has 28 heavy (non-hydrogen) atoms. The Morgan fingerprint density at radius 3 is 2.79 bits per heavy atom. The van der Waals surface area contributed by atoms with Crippen LogP contribution in [0.1, 0.15) is 27.7 Å². The third-order valence-corrected chi connectivity index (χ3v) is 5.62. The molecule has 1 aliphatic rings. The van der Waals surface area contributed by atoms with Crippen LogP contribution >= 0.6 is 11.3 Å². The van der Waals surface area contributed by atoms with E-state index in [1.54, 1.807) is 6.92 Å². The molecule has 0 bridgehead atoms. The van der Waals surface area contributed by atoms with Crippen molar-refractivity contribution < 1.29 is 14.3 Å². The molecule has 2 amide bonds. The summed E-state index contributed by atoms with van der Waals surface area (Å²) in [7, 11) is 3.95. The highest BCUT2D eigenvalue weighted by Crippen LogP contribution is 2.25. The van der Waals surface area contributed by atoms with E-state index in [0.717, 1.165) is 16.2 Å². The summed E-state index contributed by atoms with van der Waals surface area (Å²) in [5, 5.41) is 4.66. The third kappa shape index (κ3) is 4.72. The summed E-state index contributed by atoms with van der Waals surface area (Å²) >= 11 is 1.52. The molecule has 0 spiro atoms. The number of hydrogen-bond donors (Lipinski definition) is 1. The van der Waals surface area contributed by atoms with E-state index in [0.29, 0.717) is 25.3 Å². The Balaban J connectivity index is 1.77. The van der Waals surface area contributed by atoms with Gasteiger partial charge in [-0.2, -0.15) is 0 Å². The molecule has 0 aliphatic carbocycles. The van der Waals surface area contributed by atoms with E-state index in [-0.39, 0.29) is 17.9 Å². The molecule has 2 atom stereocenters. The Bertz CT molecular complexity index is 849. The van der Waals surface area contributed by atoms with Gasteiger partial charge in [-0.15, -0.1) is 11.3 Å². The summed E-state index contributed by atoms with van der Waals surface area (Å²) in [5.41, 5.74) is 1.57. The number of thiophene rings is 1. The van der Waals surface area contributed by atoms with E-state index in [2.05, 4.69) is 5.32 Å².